The largest absolute Gasteiger partial charge is 0.366 e. The van der Waals surface area contributed by atoms with Gasteiger partial charge in [0.05, 0.1) is 4.92 Å². The molecular weight excluding hydrogens is 270 g/mol. The van der Waals surface area contributed by atoms with Crippen LogP contribution in [0, 0.1) is 24.0 Å². The van der Waals surface area contributed by atoms with Crippen LogP contribution in [0.15, 0.2) is 36.4 Å². The maximum atomic E-state index is 11.2. The topological polar surface area (TPSA) is 98.3 Å². The van der Waals surface area contributed by atoms with E-state index in [0.29, 0.717) is 5.69 Å². The molecule has 0 radical (unpaired) electrons. The molecule has 21 heavy (non-hydrogen) atoms. The van der Waals surface area contributed by atoms with E-state index in [2.05, 4.69) is 5.32 Å². The first kappa shape index (κ1) is 14.5. The van der Waals surface area contributed by atoms with Crippen molar-refractivity contribution in [3.05, 3.63) is 63.2 Å². The first-order valence-electron chi connectivity index (χ1n) is 6.31. The van der Waals surface area contributed by atoms with Gasteiger partial charge in [0, 0.05) is 17.3 Å². The number of benzene rings is 2. The molecular formula is C15H15N3O3. The van der Waals surface area contributed by atoms with Crippen LogP contribution in [-0.2, 0) is 0 Å². The number of hydrogen-bond acceptors (Lipinski definition) is 4. The molecule has 2 aromatic rings. The van der Waals surface area contributed by atoms with E-state index in [4.69, 9.17) is 5.73 Å². The summed E-state index contributed by atoms with van der Waals surface area (Å²) in [5.41, 5.74) is 8.17. The first-order valence-corrected chi connectivity index (χ1v) is 6.31. The van der Waals surface area contributed by atoms with Gasteiger partial charge in [0.1, 0.15) is 5.69 Å². The van der Waals surface area contributed by atoms with Gasteiger partial charge in [-0.15, -0.1) is 0 Å². The van der Waals surface area contributed by atoms with E-state index in [1.54, 1.807) is 0 Å². The van der Waals surface area contributed by atoms with Gasteiger partial charge in [-0.05, 0) is 43.2 Å². The predicted molar refractivity (Wildman–Crippen MR) is 80.8 cm³/mol. The fourth-order valence-corrected chi connectivity index (χ4v) is 1.96. The van der Waals surface area contributed by atoms with Crippen LogP contribution < -0.4 is 11.1 Å². The summed E-state index contributed by atoms with van der Waals surface area (Å²) in [6.45, 7) is 3.85. The van der Waals surface area contributed by atoms with Crippen molar-refractivity contribution in [3.63, 3.8) is 0 Å². The molecule has 0 bridgehead atoms. The third-order valence-electron chi connectivity index (χ3n) is 3.14. The lowest BCUT2D eigenvalue weighted by molar-refractivity contribution is -0.383. The van der Waals surface area contributed by atoms with Gasteiger partial charge in [0.15, 0.2) is 0 Å². The molecule has 0 spiro atoms. The van der Waals surface area contributed by atoms with E-state index in [-0.39, 0.29) is 11.3 Å². The smallest absolute Gasteiger partial charge is 0.293 e. The number of nitrogens with two attached hydrogens (primary N) is 1. The molecule has 0 saturated carbocycles. The Labute approximate surface area is 121 Å². The molecule has 6 heteroatoms. The van der Waals surface area contributed by atoms with Crippen molar-refractivity contribution in [2.45, 2.75) is 13.8 Å². The normalized spacial score (nSPS) is 10.2. The Bertz CT molecular complexity index is 726. The third-order valence-corrected chi connectivity index (χ3v) is 3.14. The molecule has 0 fully saturated rings. The zero-order valence-corrected chi connectivity index (χ0v) is 11.7. The number of hydrogen-bond donors (Lipinski definition) is 2. The van der Waals surface area contributed by atoms with E-state index < -0.39 is 10.8 Å². The van der Waals surface area contributed by atoms with Crippen LogP contribution in [0.5, 0.6) is 0 Å². The van der Waals surface area contributed by atoms with Crippen molar-refractivity contribution in [2.75, 3.05) is 5.32 Å². The number of nitro groups is 1. The predicted octanol–water partition coefficient (Wildman–Crippen LogP) is 3.05. The van der Waals surface area contributed by atoms with Crippen LogP contribution in [0.3, 0.4) is 0 Å². The summed E-state index contributed by atoms with van der Waals surface area (Å²) >= 11 is 0. The summed E-state index contributed by atoms with van der Waals surface area (Å²) in [7, 11) is 0. The van der Waals surface area contributed by atoms with E-state index in [1.165, 1.54) is 18.2 Å². The molecule has 0 aliphatic carbocycles. The minimum atomic E-state index is -0.698. The number of carbonyl (C=O) groups excluding carboxylic acids is 1. The van der Waals surface area contributed by atoms with E-state index in [9.17, 15) is 14.9 Å². The maximum absolute atomic E-state index is 11.2. The lowest BCUT2D eigenvalue weighted by atomic mass is 10.1. The zero-order valence-electron chi connectivity index (χ0n) is 11.7. The molecule has 0 saturated heterocycles. The standard InChI is InChI=1S/C15H15N3O3/c1-9-3-4-10(2)13(7-9)17-12-6-5-11(15(16)19)8-14(12)18(20)21/h3-8,17H,1-2H3,(H2,16,19). The van der Waals surface area contributed by atoms with Crippen LogP contribution >= 0.6 is 0 Å². The van der Waals surface area contributed by atoms with Gasteiger partial charge in [-0.3, -0.25) is 14.9 Å². The molecule has 108 valence electrons. The minimum absolute atomic E-state index is 0.105. The van der Waals surface area contributed by atoms with Gasteiger partial charge < -0.3 is 11.1 Å². The van der Waals surface area contributed by atoms with Gasteiger partial charge >= 0.3 is 0 Å². The Morgan fingerprint density at radius 3 is 2.48 bits per heavy atom. The van der Waals surface area contributed by atoms with E-state index in [1.807, 2.05) is 32.0 Å². The average Bonchev–Trinajstić information content (AvgIpc) is 2.42. The van der Waals surface area contributed by atoms with Gasteiger partial charge in [-0.2, -0.15) is 0 Å². The Morgan fingerprint density at radius 2 is 1.86 bits per heavy atom. The number of nitrogens with one attached hydrogen (secondary N) is 1. The van der Waals surface area contributed by atoms with Crippen LogP contribution in [0.4, 0.5) is 17.1 Å². The number of rotatable bonds is 4. The third kappa shape index (κ3) is 3.17. The molecule has 0 aliphatic heterocycles. The Kier molecular flexibility index (Phi) is 3.89. The van der Waals surface area contributed by atoms with Crippen molar-refractivity contribution in [3.8, 4) is 0 Å². The van der Waals surface area contributed by atoms with Crippen LogP contribution in [-0.4, -0.2) is 10.8 Å². The SMILES string of the molecule is Cc1ccc(C)c(Nc2ccc(C(N)=O)cc2[N+](=O)[O-])c1. The molecule has 2 rings (SSSR count). The zero-order chi connectivity index (χ0) is 15.6. The quantitative estimate of drug-likeness (QED) is 0.666. The molecule has 2 aromatic carbocycles. The Balaban J connectivity index is 2.46. The number of aryl methyl sites for hydroxylation is 2. The number of amides is 1. The number of primary amides is 1. The van der Waals surface area contributed by atoms with Crippen molar-refractivity contribution in [1.29, 1.82) is 0 Å². The van der Waals surface area contributed by atoms with Gasteiger partial charge in [0.25, 0.3) is 5.69 Å². The molecule has 3 N–H and O–H groups in total. The number of nitro benzene ring substituents is 1. The van der Waals surface area contributed by atoms with Crippen molar-refractivity contribution < 1.29 is 9.72 Å². The summed E-state index contributed by atoms with van der Waals surface area (Å²) in [4.78, 5) is 21.7. The molecule has 0 heterocycles. The minimum Gasteiger partial charge on any atom is -0.366 e. The molecule has 0 aromatic heterocycles. The highest BCUT2D eigenvalue weighted by molar-refractivity contribution is 5.94. The highest BCUT2D eigenvalue weighted by Crippen LogP contribution is 2.30. The second-order valence-corrected chi connectivity index (χ2v) is 4.80. The Morgan fingerprint density at radius 1 is 1.14 bits per heavy atom. The number of anilines is 2. The molecule has 0 atom stereocenters. The monoisotopic (exact) mass is 285 g/mol. The number of nitrogens with zero attached hydrogens (tertiary/aromatic N) is 1. The maximum Gasteiger partial charge on any atom is 0.293 e. The van der Waals surface area contributed by atoms with Crippen molar-refractivity contribution in [2.24, 2.45) is 5.73 Å². The summed E-state index contributed by atoms with van der Waals surface area (Å²) in [6.07, 6.45) is 0. The van der Waals surface area contributed by atoms with Crippen LogP contribution in [0.25, 0.3) is 0 Å². The second kappa shape index (κ2) is 5.62. The highest BCUT2D eigenvalue weighted by atomic mass is 16.6. The van der Waals surface area contributed by atoms with E-state index in [0.717, 1.165) is 16.8 Å². The molecule has 0 aliphatic rings. The average molecular weight is 285 g/mol. The van der Waals surface area contributed by atoms with Gasteiger partial charge in [-0.25, -0.2) is 0 Å². The van der Waals surface area contributed by atoms with Crippen molar-refractivity contribution in [1.82, 2.24) is 0 Å². The molecule has 1 amide bonds. The summed E-state index contributed by atoms with van der Waals surface area (Å²) in [6, 6.07) is 9.92. The lowest BCUT2D eigenvalue weighted by Gasteiger charge is -2.11. The summed E-state index contributed by atoms with van der Waals surface area (Å²) < 4.78 is 0. The second-order valence-electron chi connectivity index (χ2n) is 4.80. The first-order chi connectivity index (χ1) is 9.88. The van der Waals surface area contributed by atoms with Crippen molar-refractivity contribution >= 4 is 23.0 Å². The molecule has 6 nitrogen and oxygen atoms in total. The van der Waals surface area contributed by atoms with Gasteiger partial charge in [0.2, 0.25) is 5.91 Å². The van der Waals surface area contributed by atoms with Crippen LogP contribution in [0.2, 0.25) is 0 Å². The fraction of sp³-hybridized carbons (Fsp3) is 0.133. The Hall–Kier alpha value is -2.89. The number of carbonyl (C=O) groups is 1. The van der Waals surface area contributed by atoms with E-state index >= 15 is 0 Å². The fourth-order valence-electron chi connectivity index (χ4n) is 1.96. The summed E-state index contributed by atoms with van der Waals surface area (Å²) in [5.74, 6) is -0.698. The van der Waals surface area contributed by atoms with Crippen LogP contribution in [0.1, 0.15) is 21.5 Å². The summed E-state index contributed by atoms with van der Waals surface area (Å²) in [5, 5.41) is 14.2. The molecule has 0 unspecified atom stereocenters. The highest BCUT2D eigenvalue weighted by Gasteiger charge is 2.17. The van der Waals surface area contributed by atoms with Gasteiger partial charge in [-0.1, -0.05) is 12.1 Å². The lowest BCUT2D eigenvalue weighted by Crippen LogP contribution is -2.11.